The second-order valence-corrected chi connectivity index (χ2v) is 6.65. The van der Waals surface area contributed by atoms with E-state index in [2.05, 4.69) is 15.3 Å². The molecule has 2 heterocycles. The van der Waals surface area contributed by atoms with Crippen molar-refractivity contribution in [3.8, 4) is 6.07 Å². The third-order valence-electron chi connectivity index (χ3n) is 3.85. The molecule has 3 aromatic rings. The van der Waals surface area contributed by atoms with Crippen molar-refractivity contribution >= 4 is 33.1 Å². The first kappa shape index (κ1) is 16.8. The quantitative estimate of drug-likeness (QED) is 0.753. The first-order valence-corrected chi connectivity index (χ1v) is 8.19. The van der Waals surface area contributed by atoms with Crippen LogP contribution in [-0.2, 0) is 4.79 Å². The van der Waals surface area contributed by atoms with E-state index in [1.807, 2.05) is 19.9 Å². The Hall–Kier alpha value is -3.05. The number of aryl methyl sites for hydroxylation is 2. The zero-order chi connectivity index (χ0) is 18.1. The smallest absolute Gasteiger partial charge is 0.259 e. The molecule has 0 bridgehead atoms. The van der Waals surface area contributed by atoms with E-state index in [-0.39, 0.29) is 11.5 Å². The summed E-state index contributed by atoms with van der Waals surface area (Å²) < 4.78 is 13.7. The Morgan fingerprint density at radius 3 is 2.80 bits per heavy atom. The summed E-state index contributed by atoms with van der Waals surface area (Å²) in [6, 6.07) is 7.43. The number of aromatic amines is 1. The summed E-state index contributed by atoms with van der Waals surface area (Å²) in [4.78, 5) is 32.8. The molecule has 0 saturated carbocycles. The molecule has 2 aromatic heterocycles. The van der Waals surface area contributed by atoms with Crippen molar-refractivity contribution in [1.29, 1.82) is 5.26 Å². The minimum Gasteiger partial charge on any atom is -0.322 e. The summed E-state index contributed by atoms with van der Waals surface area (Å²) in [5.74, 6) is -2.80. The van der Waals surface area contributed by atoms with Gasteiger partial charge in [-0.05, 0) is 31.5 Å². The molecule has 126 valence electrons. The third-order valence-corrected chi connectivity index (χ3v) is 4.95. The summed E-state index contributed by atoms with van der Waals surface area (Å²) in [7, 11) is 0. The normalized spacial score (nSPS) is 11.9. The molecular weight excluding hydrogens is 343 g/mol. The van der Waals surface area contributed by atoms with Gasteiger partial charge >= 0.3 is 0 Å². The predicted molar refractivity (Wildman–Crippen MR) is 93.1 cm³/mol. The van der Waals surface area contributed by atoms with Crippen LogP contribution in [0.3, 0.4) is 0 Å². The Morgan fingerprint density at radius 1 is 1.40 bits per heavy atom. The first-order valence-electron chi connectivity index (χ1n) is 7.37. The maximum atomic E-state index is 13.7. The van der Waals surface area contributed by atoms with Gasteiger partial charge in [0.25, 0.3) is 5.56 Å². The number of nitriles is 1. The average molecular weight is 356 g/mol. The Kier molecular flexibility index (Phi) is 4.33. The van der Waals surface area contributed by atoms with Crippen LogP contribution in [0.1, 0.15) is 22.2 Å². The molecule has 0 saturated heterocycles. The standard InChI is InChI=1S/C17H13FN4O2S/c1-8-9(2)25-17-13(8)16(24)21-14(22-17)10(7-19)15(23)20-12-6-4-3-5-11(12)18/h3-6,10H,1-2H3,(H,20,23)(H,21,22,24)/t10-/m0/s1. The lowest BCUT2D eigenvalue weighted by atomic mass is 10.1. The van der Waals surface area contributed by atoms with Crippen molar-refractivity contribution in [2.24, 2.45) is 0 Å². The van der Waals surface area contributed by atoms with Gasteiger partial charge in [0.05, 0.1) is 17.1 Å². The maximum absolute atomic E-state index is 13.7. The lowest BCUT2D eigenvalue weighted by Crippen LogP contribution is -2.24. The van der Waals surface area contributed by atoms with Gasteiger partial charge in [0.1, 0.15) is 16.5 Å². The summed E-state index contributed by atoms with van der Waals surface area (Å²) in [5, 5.41) is 12.2. The minimum atomic E-state index is -1.36. The number of para-hydroxylation sites is 1. The molecule has 0 unspecified atom stereocenters. The van der Waals surface area contributed by atoms with Crippen LogP contribution in [0.2, 0.25) is 0 Å². The Balaban J connectivity index is 2.00. The summed E-state index contributed by atoms with van der Waals surface area (Å²) in [6.07, 6.45) is 0. The number of nitrogens with one attached hydrogen (secondary N) is 2. The van der Waals surface area contributed by atoms with Gasteiger partial charge in [-0.15, -0.1) is 11.3 Å². The van der Waals surface area contributed by atoms with Gasteiger partial charge in [-0.3, -0.25) is 9.59 Å². The molecule has 8 heteroatoms. The zero-order valence-electron chi connectivity index (χ0n) is 13.4. The van der Waals surface area contributed by atoms with Crippen molar-refractivity contribution in [3.05, 3.63) is 56.7 Å². The largest absolute Gasteiger partial charge is 0.322 e. The number of nitrogens with zero attached hydrogens (tertiary/aromatic N) is 2. The van der Waals surface area contributed by atoms with Crippen molar-refractivity contribution in [3.63, 3.8) is 0 Å². The molecule has 0 aliphatic heterocycles. The molecule has 1 aromatic carbocycles. The van der Waals surface area contributed by atoms with Gasteiger partial charge in [-0.1, -0.05) is 12.1 Å². The highest BCUT2D eigenvalue weighted by atomic mass is 32.1. The van der Waals surface area contributed by atoms with Gasteiger partial charge in [-0.25, -0.2) is 9.37 Å². The van der Waals surface area contributed by atoms with Crippen LogP contribution >= 0.6 is 11.3 Å². The molecule has 0 fully saturated rings. The van der Waals surface area contributed by atoms with Crippen molar-refractivity contribution < 1.29 is 9.18 Å². The van der Waals surface area contributed by atoms with Crippen LogP contribution in [0.25, 0.3) is 10.2 Å². The fraction of sp³-hybridized carbons (Fsp3) is 0.176. The number of aromatic nitrogens is 2. The van der Waals surface area contributed by atoms with Crippen molar-refractivity contribution in [2.45, 2.75) is 19.8 Å². The topological polar surface area (TPSA) is 98.6 Å². The van der Waals surface area contributed by atoms with Crippen molar-refractivity contribution in [1.82, 2.24) is 9.97 Å². The molecule has 25 heavy (non-hydrogen) atoms. The Morgan fingerprint density at radius 2 is 2.12 bits per heavy atom. The second kappa shape index (κ2) is 6.45. The number of fused-ring (bicyclic) bond motifs is 1. The number of thiophene rings is 1. The molecule has 2 N–H and O–H groups in total. The van der Waals surface area contributed by atoms with Crippen LogP contribution in [0.5, 0.6) is 0 Å². The van der Waals surface area contributed by atoms with Gasteiger partial charge < -0.3 is 10.3 Å². The molecule has 1 atom stereocenters. The monoisotopic (exact) mass is 356 g/mol. The number of hydrogen-bond donors (Lipinski definition) is 2. The van der Waals surface area contributed by atoms with Crippen LogP contribution in [-0.4, -0.2) is 15.9 Å². The Bertz CT molecular complexity index is 1080. The van der Waals surface area contributed by atoms with Gasteiger partial charge in [0, 0.05) is 4.88 Å². The number of rotatable bonds is 3. The van der Waals surface area contributed by atoms with Gasteiger partial charge in [0.2, 0.25) is 5.91 Å². The second-order valence-electron chi connectivity index (χ2n) is 5.45. The number of carbonyl (C=O) groups excluding carboxylic acids is 1. The van der Waals surface area contributed by atoms with E-state index >= 15 is 0 Å². The number of hydrogen-bond acceptors (Lipinski definition) is 5. The summed E-state index contributed by atoms with van der Waals surface area (Å²) in [5.41, 5.74) is 0.379. The maximum Gasteiger partial charge on any atom is 0.259 e. The number of benzene rings is 1. The van der Waals surface area contributed by atoms with E-state index < -0.39 is 23.2 Å². The van der Waals surface area contributed by atoms with E-state index in [0.717, 1.165) is 10.4 Å². The molecular formula is C17H13FN4O2S. The zero-order valence-corrected chi connectivity index (χ0v) is 14.2. The fourth-order valence-corrected chi connectivity index (χ4v) is 3.46. The van der Waals surface area contributed by atoms with Crippen LogP contribution in [0.4, 0.5) is 10.1 Å². The fourth-order valence-electron chi connectivity index (χ4n) is 2.42. The molecule has 0 spiro atoms. The van der Waals surface area contributed by atoms with Gasteiger partial charge in [0.15, 0.2) is 5.92 Å². The number of H-pyrrole nitrogens is 1. The van der Waals surface area contributed by atoms with E-state index in [0.29, 0.717) is 10.2 Å². The van der Waals surface area contributed by atoms with E-state index in [9.17, 15) is 19.2 Å². The summed E-state index contributed by atoms with van der Waals surface area (Å²) in [6.45, 7) is 3.69. The molecule has 1 amide bonds. The van der Waals surface area contributed by atoms with Crippen LogP contribution in [0, 0.1) is 31.0 Å². The van der Waals surface area contributed by atoms with E-state index in [1.165, 1.54) is 29.5 Å². The lowest BCUT2D eigenvalue weighted by Gasteiger charge is -2.10. The highest BCUT2D eigenvalue weighted by Gasteiger charge is 2.25. The average Bonchev–Trinajstić information content (AvgIpc) is 2.85. The molecule has 0 radical (unpaired) electrons. The number of halogens is 1. The summed E-state index contributed by atoms with van der Waals surface area (Å²) >= 11 is 1.32. The Labute approximate surface area is 146 Å². The highest BCUT2D eigenvalue weighted by Crippen LogP contribution is 2.27. The molecule has 6 nitrogen and oxygen atoms in total. The van der Waals surface area contributed by atoms with Crippen molar-refractivity contribution in [2.75, 3.05) is 5.32 Å². The molecule has 0 aliphatic carbocycles. The van der Waals surface area contributed by atoms with Gasteiger partial charge in [-0.2, -0.15) is 5.26 Å². The van der Waals surface area contributed by atoms with Crippen LogP contribution in [0.15, 0.2) is 29.1 Å². The number of amides is 1. The molecule has 0 aliphatic rings. The van der Waals surface area contributed by atoms with E-state index in [1.54, 1.807) is 6.07 Å². The molecule has 3 rings (SSSR count). The minimum absolute atomic E-state index is 0.0426. The highest BCUT2D eigenvalue weighted by molar-refractivity contribution is 7.18. The van der Waals surface area contributed by atoms with Crippen LogP contribution < -0.4 is 10.9 Å². The number of anilines is 1. The lowest BCUT2D eigenvalue weighted by molar-refractivity contribution is -0.116. The number of carbonyl (C=O) groups is 1. The SMILES string of the molecule is Cc1sc2nc([C@H](C#N)C(=O)Nc3ccccc3F)[nH]c(=O)c2c1C. The predicted octanol–water partition coefficient (Wildman–Crippen LogP) is 2.99. The third kappa shape index (κ3) is 3.02. The first-order chi connectivity index (χ1) is 11.9. The van der Waals surface area contributed by atoms with E-state index in [4.69, 9.17) is 0 Å².